The summed E-state index contributed by atoms with van der Waals surface area (Å²) in [7, 11) is 0. The van der Waals surface area contributed by atoms with E-state index in [1.165, 1.54) is 11.1 Å². The van der Waals surface area contributed by atoms with Gasteiger partial charge < -0.3 is 20.5 Å². The summed E-state index contributed by atoms with van der Waals surface area (Å²) >= 11 is 0. The van der Waals surface area contributed by atoms with E-state index in [4.69, 9.17) is 9.73 Å². The maximum Gasteiger partial charge on any atom is 0.191 e. The Morgan fingerprint density at radius 2 is 1.83 bits per heavy atom. The quantitative estimate of drug-likeness (QED) is 0.279. The molecule has 1 aromatic carbocycles. The zero-order valence-corrected chi connectivity index (χ0v) is 19.8. The van der Waals surface area contributed by atoms with Gasteiger partial charge in [-0.3, -0.25) is 9.88 Å². The van der Waals surface area contributed by atoms with Gasteiger partial charge in [0.2, 0.25) is 0 Å². The summed E-state index contributed by atoms with van der Waals surface area (Å²) in [4.78, 5) is 11.1. The lowest BCUT2D eigenvalue weighted by molar-refractivity contribution is 0.0341. The van der Waals surface area contributed by atoms with Crippen molar-refractivity contribution in [3.63, 3.8) is 0 Å². The molecule has 0 saturated carbocycles. The highest BCUT2D eigenvalue weighted by Crippen LogP contribution is 2.14. The van der Waals surface area contributed by atoms with E-state index in [1.54, 1.807) is 12.4 Å². The normalized spacial score (nSPS) is 15.9. The number of morpholine rings is 1. The van der Waals surface area contributed by atoms with Crippen molar-refractivity contribution in [2.75, 3.05) is 39.4 Å². The molecule has 3 N–H and O–H groups in total. The monoisotopic (exact) mass is 525 g/mol. The van der Waals surface area contributed by atoms with Gasteiger partial charge in [0.25, 0.3) is 0 Å². The number of aliphatic hydroxyl groups excluding tert-OH is 1. The highest BCUT2D eigenvalue weighted by atomic mass is 127. The summed E-state index contributed by atoms with van der Waals surface area (Å²) in [6.07, 6.45) is 2.75. The lowest BCUT2D eigenvalue weighted by atomic mass is 10.1. The largest absolute Gasteiger partial charge is 0.387 e. The van der Waals surface area contributed by atoms with Gasteiger partial charge in [-0.25, -0.2) is 4.99 Å². The number of nitrogens with zero attached hydrogens (tertiary/aromatic N) is 3. The molecule has 8 heteroatoms. The van der Waals surface area contributed by atoms with E-state index in [9.17, 15) is 5.11 Å². The van der Waals surface area contributed by atoms with Crippen LogP contribution >= 0.6 is 24.0 Å². The molecule has 1 aliphatic rings. The standard InChI is InChI=1S/C22H31N5O2.HI/c1-2-24-22(26-16-21(28)18-7-9-23-10-8-18)25-15-19-5-3-4-6-20(19)17-27-11-13-29-14-12-27;/h3-10,21,28H,2,11-17H2,1H3,(H2,24,25,26);1H. The lowest BCUT2D eigenvalue weighted by Crippen LogP contribution is -2.39. The number of hydrogen-bond acceptors (Lipinski definition) is 5. The first-order valence-corrected chi connectivity index (χ1v) is 10.2. The highest BCUT2D eigenvalue weighted by Gasteiger charge is 2.13. The fraction of sp³-hybridized carbons (Fsp3) is 0.455. The maximum atomic E-state index is 10.4. The molecule has 2 aromatic rings. The van der Waals surface area contributed by atoms with Crippen molar-refractivity contribution in [2.24, 2.45) is 4.99 Å². The molecule has 30 heavy (non-hydrogen) atoms. The van der Waals surface area contributed by atoms with Crippen molar-refractivity contribution in [1.82, 2.24) is 20.5 Å². The number of pyridine rings is 1. The minimum atomic E-state index is -0.615. The summed E-state index contributed by atoms with van der Waals surface area (Å²) in [6.45, 7) is 8.20. The van der Waals surface area contributed by atoms with Crippen LogP contribution in [0.5, 0.6) is 0 Å². The van der Waals surface area contributed by atoms with E-state index in [0.717, 1.165) is 45.0 Å². The first-order chi connectivity index (χ1) is 14.3. The molecule has 2 heterocycles. The zero-order chi connectivity index (χ0) is 20.3. The number of ether oxygens (including phenoxy) is 1. The number of hydrogen-bond donors (Lipinski definition) is 3. The molecule has 0 bridgehead atoms. The fourth-order valence-corrected chi connectivity index (χ4v) is 3.27. The molecular formula is C22H32IN5O2. The number of rotatable bonds is 8. The molecule has 1 fully saturated rings. The zero-order valence-electron chi connectivity index (χ0n) is 17.5. The van der Waals surface area contributed by atoms with E-state index in [2.05, 4.69) is 44.8 Å². The Morgan fingerprint density at radius 1 is 1.13 bits per heavy atom. The summed E-state index contributed by atoms with van der Waals surface area (Å²) in [5.41, 5.74) is 3.34. The average molecular weight is 525 g/mol. The van der Waals surface area contributed by atoms with Gasteiger partial charge >= 0.3 is 0 Å². The van der Waals surface area contributed by atoms with Gasteiger partial charge in [0.05, 0.1) is 25.9 Å². The summed E-state index contributed by atoms with van der Waals surface area (Å²) in [5.74, 6) is 0.696. The number of aliphatic hydroxyl groups is 1. The van der Waals surface area contributed by atoms with Gasteiger partial charge in [-0.05, 0) is 35.7 Å². The van der Waals surface area contributed by atoms with Crippen molar-refractivity contribution < 1.29 is 9.84 Å². The summed E-state index contributed by atoms with van der Waals surface area (Å²) in [6, 6.07) is 12.1. The maximum absolute atomic E-state index is 10.4. The molecule has 0 spiro atoms. The molecule has 3 rings (SSSR count). The smallest absolute Gasteiger partial charge is 0.191 e. The van der Waals surface area contributed by atoms with Gasteiger partial charge in [-0.1, -0.05) is 24.3 Å². The van der Waals surface area contributed by atoms with E-state index in [-0.39, 0.29) is 24.0 Å². The van der Waals surface area contributed by atoms with Crippen LogP contribution in [0.3, 0.4) is 0 Å². The molecule has 0 amide bonds. The molecule has 1 aliphatic heterocycles. The van der Waals surface area contributed by atoms with Crippen LogP contribution in [0.4, 0.5) is 0 Å². The Hall–Kier alpha value is -1.75. The number of benzene rings is 1. The number of nitrogens with one attached hydrogen (secondary N) is 2. The van der Waals surface area contributed by atoms with E-state index < -0.39 is 6.10 Å². The fourth-order valence-electron chi connectivity index (χ4n) is 3.27. The van der Waals surface area contributed by atoms with Crippen LogP contribution in [0, 0.1) is 0 Å². The molecule has 0 radical (unpaired) electrons. The third-order valence-electron chi connectivity index (χ3n) is 4.92. The Balaban J connectivity index is 0.00000320. The molecule has 1 atom stereocenters. The van der Waals surface area contributed by atoms with E-state index in [0.29, 0.717) is 19.0 Å². The summed E-state index contributed by atoms with van der Waals surface area (Å²) < 4.78 is 5.45. The Bertz CT molecular complexity index is 769. The van der Waals surface area contributed by atoms with Crippen LogP contribution in [-0.4, -0.2) is 60.3 Å². The predicted molar refractivity (Wildman–Crippen MR) is 130 cm³/mol. The molecule has 1 aromatic heterocycles. The first kappa shape index (κ1) is 24.5. The number of aliphatic imine (C=N–C) groups is 1. The number of halogens is 1. The number of aromatic nitrogens is 1. The second kappa shape index (κ2) is 13.5. The van der Waals surface area contributed by atoms with Crippen molar-refractivity contribution >= 4 is 29.9 Å². The molecule has 1 saturated heterocycles. The van der Waals surface area contributed by atoms with Crippen LogP contribution in [0.2, 0.25) is 0 Å². The predicted octanol–water partition coefficient (Wildman–Crippen LogP) is 2.32. The second-order valence-corrected chi connectivity index (χ2v) is 7.03. The van der Waals surface area contributed by atoms with Crippen LogP contribution in [0.15, 0.2) is 53.8 Å². The van der Waals surface area contributed by atoms with Crippen LogP contribution in [0.25, 0.3) is 0 Å². The molecule has 164 valence electrons. The van der Waals surface area contributed by atoms with Crippen molar-refractivity contribution in [2.45, 2.75) is 26.1 Å². The topological polar surface area (TPSA) is 82.0 Å². The third kappa shape index (κ3) is 7.82. The van der Waals surface area contributed by atoms with Gasteiger partial charge in [-0.2, -0.15) is 0 Å². The minimum absolute atomic E-state index is 0. The van der Waals surface area contributed by atoms with Gasteiger partial charge in [0.1, 0.15) is 0 Å². The lowest BCUT2D eigenvalue weighted by Gasteiger charge is -2.27. The average Bonchev–Trinajstić information content (AvgIpc) is 2.77. The van der Waals surface area contributed by atoms with Crippen molar-refractivity contribution in [3.8, 4) is 0 Å². The van der Waals surface area contributed by atoms with E-state index in [1.807, 2.05) is 19.1 Å². The van der Waals surface area contributed by atoms with E-state index >= 15 is 0 Å². The molecule has 7 nitrogen and oxygen atoms in total. The first-order valence-electron chi connectivity index (χ1n) is 10.2. The van der Waals surface area contributed by atoms with Crippen molar-refractivity contribution in [3.05, 3.63) is 65.5 Å². The van der Waals surface area contributed by atoms with Gasteiger partial charge in [-0.15, -0.1) is 24.0 Å². The number of guanidine groups is 1. The van der Waals surface area contributed by atoms with Crippen LogP contribution < -0.4 is 10.6 Å². The van der Waals surface area contributed by atoms with Gasteiger partial charge in [0.15, 0.2) is 5.96 Å². The van der Waals surface area contributed by atoms with Crippen LogP contribution in [-0.2, 0) is 17.8 Å². The molecular weight excluding hydrogens is 493 g/mol. The Kier molecular flexibility index (Phi) is 11.1. The third-order valence-corrected chi connectivity index (χ3v) is 4.92. The highest BCUT2D eigenvalue weighted by molar-refractivity contribution is 14.0. The summed E-state index contributed by atoms with van der Waals surface area (Å²) in [5, 5.41) is 16.8. The van der Waals surface area contributed by atoms with Crippen molar-refractivity contribution in [1.29, 1.82) is 0 Å². The minimum Gasteiger partial charge on any atom is -0.387 e. The Labute approximate surface area is 196 Å². The Morgan fingerprint density at radius 3 is 2.53 bits per heavy atom. The SMILES string of the molecule is CCNC(=NCc1ccccc1CN1CCOCC1)NCC(O)c1ccncc1.I. The van der Waals surface area contributed by atoms with Crippen LogP contribution in [0.1, 0.15) is 29.7 Å². The van der Waals surface area contributed by atoms with Gasteiger partial charge in [0, 0.05) is 45.1 Å². The molecule has 0 aliphatic carbocycles. The molecule has 1 unspecified atom stereocenters. The second-order valence-electron chi connectivity index (χ2n) is 7.03.